The van der Waals surface area contributed by atoms with Gasteiger partial charge in [-0.2, -0.15) is 0 Å². The lowest BCUT2D eigenvalue weighted by atomic mass is 10.2. The third kappa shape index (κ3) is 2.57. The second-order valence-corrected chi connectivity index (χ2v) is 6.68. The lowest BCUT2D eigenvalue weighted by Crippen LogP contribution is -2.41. The minimum absolute atomic E-state index is 0.176. The molecule has 0 spiro atoms. The Hall–Kier alpha value is -0.140. The summed E-state index contributed by atoms with van der Waals surface area (Å²) in [4.78, 5) is 14.3. The molecule has 0 aliphatic carbocycles. The first-order valence-corrected chi connectivity index (χ1v) is 7.44. The van der Waals surface area contributed by atoms with Gasteiger partial charge in [-0.25, -0.2) is 0 Å². The van der Waals surface area contributed by atoms with Crippen molar-refractivity contribution in [1.29, 1.82) is 0 Å². The van der Waals surface area contributed by atoms with Crippen LogP contribution in [-0.2, 0) is 0 Å². The topological polar surface area (TPSA) is 32.3 Å². The maximum Gasteiger partial charge on any atom is 0.255 e. The van der Waals surface area contributed by atoms with Crippen LogP contribution < -0.4 is 5.32 Å². The molecule has 1 aliphatic heterocycles. The Labute approximate surface area is 113 Å². The van der Waals surface area contributed by atoms with Gasteiger partial charge in [-0.1, -0.05) is 0 Å². The van der Waals surface area contributed by atoms with Gasteiger partial charge in [0, 0.05) is 24.5 Å². The van der Waals surface area contributed by atoms with Crippen molar-refractivity contribution in [1.82, 2.24) is 10.2 Å². The second-order valence-electron chi connectivity index (χ2n) is 3.88. The molecule has 1 amide bonds. The van der Waals surface area contributed by atoms with Gasteiger partial charge in [-0.05, 0) is 48.5 Å². The molecule has 1 unspecified atom stereocenters. The summed E-state index contributed by atoms with van der Waals surface area (Å²) in [5.41, 5.74) is 0.836. The van der Waals surface area contributed by atoms with E-state index in [2.05, 4.69) is 27.9 Å². The molecule has 16 heavy (non-hydrogen) atoms. The Morgan fingerprint density at radius 3 is 3.06 bits per heavy atom. The number of nitrogens with one attached hydrogen (secondary N) is 1. The Kier molecular flexibility index (Phi) is 4.21. The summed E-state index contributed by atoms with van der Waals surface area (Å²) in [6, 6.07) is 2.34. The molecule has 1 aromatic rings. The van der Waals surface area contributed by atoms with E-state index in [4.69, 9.17) is 0 Å². The highest BCUT2D eigenvalue weighted by Gasteiger charge is 2.26. The van der Waals surface area contributed by atoms with Crippen LogP contribution in [0.15, 0.2) is 11.4 Å². The van der Waals surface area contributed by atoms with Gasteiger partial charge in [0.05, 0.1) is 8.45 Å². The number of carbonyl (C=O) groups is 1. The number of thiophene rings is 1. The zero-order valence-electron chi connectivity index (χ0n) is 9.20. The van der Waals surface area contributed by atoms with Crippen LogP contribution in [0.1, 0.15) is 23.7 Å². The molecular weight excluding hydrogens is 335 g/mol. The first-order valence-electron chi connectivity index (χ1n) is 5.48. The Bertz CT molecular complexity index is 374. The molecule has 1 fully saturated rings. The highest BCUT2D eigenvalue weighted by atomic mass is 127. The zero-order valence-corrected chi connectivity index (χ0v) is 12.2. The van der Waals surface area contributed by atoms with Crippen molar-refractivity contribution >= 4 is 39.8 Å². The molecule has 2 heterocycles. The zero-order chi connectivity index (χ0) is 11.5. The first-order chi connectivity index (χ1) is 7.72. The summed E-state index contributed by atoms with van der Waals surface area (Å²) in [5, 5.41) is 5.26. The molecule has 1 aromatic heterocycles. The third-order valence-corrected chi connectivity index (χ3v) is 4.68. The molecule has 1 aliphatic rings. The van der Waals surface area contributed by atoms with Crippen molar-refractivity contribution in [3.63, 3.8) is 0 Å². The van der Waals surface area contributed by atoms with Crippen molar-refractivity contribution in [2.75, 3.05) is 19.6 Å². The lowest BCUT2D eigenvalue weighted by Gasteiger charge is -2.26. The van der Waals surface area contributed by atoms with Crippen molar-refractivity contribution in [3.8, 4) is 0 Å². The van der Waals surface area contributed by atoms with Gasteiger partial charge in [0.2, 0.25) is 0 Å². The van der Waals surface area contributed by atoms with E-state index < -0.39 is 0 Å². The fourth-order valence-corrected chi connectivity index (χ4v) is 3.38. The standard InChI is InChI=1S/C11H15IN2OS/c1-2-14(9-3-4-13-6-9)11(15)8-5-10(12)16-7-8/h5,7,9,13H,2-4,6H2,1H3. The number of carbonyl (C=O) groups excluding carboxylic acids is 1. The van der Waals surface area contributed by atoms with Crippen LogP contribution in [0, 0.1) is 2.88 Å². The van der Waals surface area contributed by atoms with E-state index in [1.165, 1.54) is 2.88 Å². The Morgan fingerprint density at radius 1 is 1.75 bits per heavy atom. The van der Waals surface area contributed by atoms with Crippen LogP contribution in [0.5, 0.6) is 0 Å². The van der Waals surface area contributed by atoms with E-state index in [0.717, 1.165) is 31.6 Å². The Morgan fingerprint density at radius 2 is 2.56 bits per heavy atom. The van der Waals surface area contributed by atoms with E-state index >= 15 is 0 Å². The second kappa shape index (κ2) is 5.46. The van der Waals surface area contributed by atoms with E-state index in [-0.39, 0.29) is 5.91 Å². The average molecular weight is 350 g/mol. The number of halogens is 1. The van der Waals surface area contributed by atoms with E-state index in [9.17, 15) is 4.79 Å². The minimum atomic E-state index is 0.176. The summed E-state index contributed by atoms with van der Waals surface area (Å²) < 4.78 is 1.17. The van der Waals surface area contributed by atoms with Gasteiger partial charge in [-0.15, -0.1) is 11.3 Å². The Balaban J connectivity index is 2.11. The van der Waals surface area contributed by atoms with E-state index in [1.807, 2.05) is 23.3 Å². The molecule has 5 heteroatoms. The number of amides is 1. The maximum absolute atomic E-state index is 12.3. The molecule has 0 radical (unpaired) electrons. The smallest absolute Gasteiger partial charge is 0.255 e. The number of nitrogens with zero attached hydrogens (tertiary/aromatic N) is 1. The van der Waals surface area contributed by atoms with E-state index in [0.29, 0.717) is 6.04 Å². The molecule has 88 valence electrons. The van der Waals surface area contributed by atoms with Crippen molar-refractivity contribution in [2.45, 2.75) is 19.4 Å². The van der Waals surface area contributed by atoms with Crippen molar-refractivity contribution in [2.24, 2.45) is 0 Å². The lowest BCUT2D eigenvalue weighted by molar-refractivity contribution is 0.0704. The molecular formula is C11H15IN2OS. The fraction of sp³-hybridized carbons (Fsp3) is 0.545. The molecule has 0 aromatic carbocycles. The first kappa shape index (κ1) is 12.3. The molecule has 2 rings (SSSR count). The average Bonchev–Trinajstić information content (AvgIpc) is 2.90. The molecule has 1 N–H and O–H groups in total. The number of hydrogen-bond donors (Lipinski definition) is 1. The predicted molar refractivity (Wildman–Crippen MR) is 75.0 cm³/mol. The van der Waals surface area contributed by atoms with Crippen molar-refractivity contribution < 1.29 is 4.79 Å². The highest BCUT2D eigenvalue weighted by Crippen LogP contribution is 2.20. The summed E-state index contributed by atoms with van der Waals surface area (Å²) in [5.74, 6) is 0.176. The van der Waals surface area contributed by atoms with Gasteiger partial charge < -0.3 is 10.2 Å². The number of hydrogen-bond acceptors (Lipinski definition) is 3. The summed E-state index contributed by atoms with van der Waals surface area (Å²) in [6.07, 6.45) is 1.07. The molecule has 1 atom stereocenters. The van der Waals surface area contributed by atoms with Gasteiger partial charge in [0.25, 0.3) is 5.91 Å². The van der Waals surface area contributed by atoms with Crippen LogP contribution in [-0.4, -0.2) is 36.5 Å². The largest absolute Gasteiger partial charge is 0.335 e. The summed E-state index contributed by atoms with van der Waals surface area (Å²) >= 11 is 3.88. The van der Waals surface area contributed by atoms with Crippen LogP contribution in [0.4, 0.5) is 0 Å². The monoisotopic (exact) mass is 350 g/mol. The van der Waals surface area contributed by atoms with Gasteiger partial charge in [0.1, 0.15) is 0 Å². The molecule has 0 bridgehead atoms. The third-order valence-electron chi connectivity index (χ3n) is 2.89. The molecule has 3 nitrogen and oxygen atoms in total. The quantitative estimate of drug-likeness (QED) is 0.848. The summed E-state index contributed by atoms with van der Waals surface area (Å²) in [6.45, 7) is 4.79. The number of likely N-dealkylation sites (N-methyl/N-ethyl adjacent to an activating group) is 1. The maximum atomic E-state index is 12.3. The van der Waals surface area contributed by atoms with Gasteiger partial charge in [0.15, 0.2) is 0 Å². The minimum Gasteiger partial charge on any atom is -0.335 e. The SMILES string of the molecule is CCN(C(=O)c1csc(I)c1)C1CCNC1. The van der Waals surface area contributed by atoms with Crippen molar-refractivity contribution in [3.05, 3.63) is 19.9 Å². The predicted octanol–water partition coefficient (Wildman–Crippen LogP) is 2.18. The summed E-state index contributed by atoms with van der Waals surface area (Å²) in [7, 11) is 0. The fourth-order valence-electron chi connectivity index (χ4n) is 2.06. The molecule has 1 saturated heterocycles. The normalized spacial score (nSPS) is 20.0. The highest BCUT2D eigenvalue weighted by molar-refractivity contribution is 14.1. The van der Waals surface area contributed by atoms with Crippen LogP contribution in [0.25, 0.3) is 0 Å². The van der Waals surface area contributed by atoms with Crippen LogP contribution in [0.2, 0.25) is 0 Å². The molecule has 0 saturated carbocycles. The van der Waals surface area contributed by atoms with Crippen LogP contribution >= 0.6 is 33.9 Å². The van der Waals surface area contributed by atoms with Gasteiger partial charge >= 0.3 is 0 Å². The van der Waals surface area contributed by atoms with Gasteiger partial charge in [-0.3, -0.25) is 4.79 Å². The van der Waals surface area contributed by atoms with Crippen LogP contribution in [0.3, 0.4) is 0 Å². The van der Waals surface area contributed by atoms with E-state index in [1.54, 1.807) is 11.3 Å². The number of rotatable bonds is 3.